The van der Waals surface area contributed by atoms with Gasteiger partial charge < -0.3 is 30.7 Å². The number of carbonyl (C=O) groups is 3. The Hall–Kier alpha value is -3.50. The van der Waals surface area contributed by atoms with Gasteiger partial charge in [0.15, 0.2) is 0 Å². The molecule has 44 heavy (non-hydrogen) atoms. The third-order valence-corrected chi connectivity index (χ3v) is 8.80. The Bertz CT molecular complexity index is 1310. The average molecular weight is 611 g/mol. The van der Waals surface area contributed by atoms with E-state index in [4.69, 9.17) is 4.74 Å². The van der Waals surface area contributed by atoms with Gasteiger partial charge in [0.25, 0.3) is 0 Å². The number of amides is 3. The van der Waals surface area contributed by atoms with E-state index in [0.717, 1.165) is 36.1 Å². The summed E-state index contributed by atoms with van der Waals surface area (Å²) in [6.45, 7) is 7.75. The standard InChI is InChI=1S/C34H47FN4O5/c1-6-21(2)28-33(42)39(5)30(34(3,4)43)32(41)38-27(19-22-12-15-25(35)16-13-22)31(40)36-18-8-11-23-9-7-10-24-14-17-26(20-37-28)44-29(23)24/h7,9-10,12-13,15-16,21,26-28,30,37,43H,6,8,11,14,17-20H2,1-5H3,(H,36,40)(H,38,41)/t21?,26?,27-,28+,30-/m1/s1. The Labute approximate surface area is 259 Å². The van der Waals surface area contributed by atoms with Gasteiger partial charge in [-0.3, -0.25) is 14.4 Å². The van der Waals surface area contributed by atoms with Crippen LogP contribution < -0.4 is 20.7 Å². The van der Waals surface area contributed by atoms with E-state index >= 15 is 0 Å². The van der Waals surface area contributed by atoms with Crippen molar-refractivity contribution in [2.45, 2.75) is 96.1 Å². The largest absolute Gasteiger partial charge is 0.489 e. The molecular weight excluding hydrogens is 563 g/mol. The summed E-state index contributed by atoms with van der Waals surface area (Å²) in [5.74, 6) is -0.986. The summed E-state index contributed by atoms with van der Waals surface area (Å²) in [5.41, 5.74) is 1.25. The maximum Gasteiger partial charge on any atom is 0.246 e. The number of nitrogens with zero attached hydrogens (tertiary/aromatic N) is 1. The fourth-order valence-corrected chi connectivity index (χ4v) is 6.14. The van der Waals surface area contributed by atoms with Crippen molar-refractivity contribution in [1.29, 1.82) is 0 Å². The number of para-hydroxylation sites is 1. The van der Waals surface area contributed by atoms with E-state index in [2.05, 4.69) is 22.0 Å². The lowest BCUT2D eigenvalue weighted by atomic mass is 9.92. The number of hydrogen-bond acceptors (Lipinski definition) is 6. The lowest BCUT2D eigenvalue weighted by Crippen LogP contribution is -2.64. The summed E-state index contributed by atoms with van der Waals surface area (Å²) in [5, 5.41) is 20.3. The number of carbonyl (C=O) groups excluding carboxylic acids is 3. The van der Waals surface area contributed by atoms with Gasteiger partial charge in [-0.2, -0.15) is 0 Å². The minimum Gasteiger partial charge on any atom is -0.489 e. The van der Waals surface area contributed by atoms with E-state index < -0.39 is 41.4 Å². The highest BCUT2D eigenvalue weighted by atomic mass is 19.1. The molecule has 10 heteroatoms. The van der Waals surface area contributed by atoms with Gasteiger partial charge in [0, 0.05) is 26.6 Å². The number of fused-ring (bicyclic) bond motifs is 1. The van der Waals surface area contributed by atoms with E-state index in [9.17, 15) is 23.9 Å². The molecule has 4 N–H and O–H groups in total. The Balaban J connectivity index is 1.68. The van der Waals surface area contributed by atoms with Crippen LogP contribution >= 0.6 is 0 Å². The van der Waals surface area contributed by atoms with Gasteiger partial charge in [-0.05, 0) is 74.3 Å². The molecule has 0 aromatic heterocycles. The zero-order valence-corrected chi connectivity index (χ0v) is 26.5. The molecule has 4 rings (SSSR count). The molecule has 2 heterocycles. The fraction of sp³-hybridized carbons (Fsp3) is 0.559. The Kier molecular flexibility index (Phi) is 11.0. The quantitative estimate of drug-likeness (QED) is 0.414. The molecule has 2 aliphatic heterocycles. The predicted molar refractivity (Wildman–Crippen MR) is 167 cm³/mol. The number of rotatable bonds is 5. The topological polar surface area (TPSA) is 120 Å². The molecule has 2 aromatic carbocycles. The molecule has 0 fully saturated rings. The van der Waals surface area contributed by atoms with Gasteiger partial charge in [-0.25, -0.2) is 4.39 Å². The third kappa shape index (κ3) is 8.15. The van der Waals surface area contributed by atoms with Crippen LogP contribution in [0.5, 0.6) is 5.75 Å². The Morgan fingerprint density at radius 2 is 1.75 bits per heavy atom. The fourth-order valence-electron chi connectivity index (χ4n) is 6.14. The number of hydrogen-bond donors (Lipinski definition) is 4. The monoisotopic (exact) mass is 610 g/mol. The number of nitrogens with one attached hydrogen (secondary N) is 3. The molecule has 3 amide bonds. The second kappa shape index (κ2) is 14.5. The molecule has 0 saturated carbocycles. The van der Waals surface area contributed by atoms with Crippen LogP contribution in [0, 0.1) is 11.7 Å². The number of aryl methyl sites for hydroxylation is 2. The summed E-state index contributed by atoms with van der Waals surface area (Å²) >= 11 is 0. The van der Waals surface area contributed by atoms with E-state index in [-0.39, 0.29) is 24.3 Å². The summed E-state index contributed by atoms with van der Waals surface area (Å²) in [6, 6.07) is 8.97. The van der Waals surface area contributed by atoms with Crippen LogP contribution in [-0.2, 0) is 33.6 Å². The van der Waals surface area contributed by atoms with Crippen LogP contribution in [0.1, 0.15) is 63.6 Å². The van der Waals surface area contributed by atoms with Gasteiger partial charge in [0.2, 0.25) is 17.7 Å². The van der Waals surface area contributed by atoms with Crippen LogP contribution in [0.2, 0.25) is 0 Å². The average Bonchev–Trinajstić information content (AvgIpc) is 2.98. The van der Waals surface area contributed by atoms with E-state index in [1.165, 1.54) is 37.9 Å². The molecule has 2 bridgehead atoms. The number of ether oxygens (including phenoxy) is 1. The summed E-state index contributed by atoms with van der Waals surface area (Å²) in [6.07, 6.45) is 3.71. The first kappa shape index (κ1) is 33.4. The lowest BCUT2D eigenvalue weighted by molar-refractivity contribution is -0.150. The van der Waals surface area contributed by atoms with Crippen LogP contribution in [-0.4, -0.2) is 77.7 Å². The molecule has 9 nitrogen and oxygen atoms in total. The maximum atomic E-state index is 14.0. The molecule has 2 unspecified atom stereocenters. The van der Waals surface area contributed by atoms with E-state index in [0.29, 0.717) is 31.5 Å². The second-order valence-corrected chi connectivity index (χ2v) is 12.7. The van der Waals surface area contributed by atoms with Gasteiger partial charge in [0.05, 0.1) is 11.6 Å². The molecule has 0 saturated heterocycles. The molecule has 2 aromatic rings. The minimum absolute atomic E-state index is 0.0653. The maximum absolute atomic E-state index is 14.0. The first-order chi connectivity index (χ1) is 20.9. The Morgan fingerprint density at radius 1 is 1.07 bits per heavy atom. The van der Waals surface area contributed by atoms with Crippen LogP contribution in [0.4, 0.5) is 4.39 Å². The summed E-state index contributed by atoms with van der Waals surface area (Å²) in [7, 11) is 1.51. The molecular formula is C34H47FN4O5. The summed E-state index contributed by atoms with van der Waals surface area (Å²) < 4.78 is 20.1. The molecule has 5 atom stereocenters. The van der Waals surface area contributed by atoms with Gasteiger partial charge in [-0.1, -0.05) is 50.6 Å². The van der Waals surface area contributed by atoms with Crippen molar-refractivity contribution in [1.82, 2.24) is 20.9 Å². The van der Waals surface area contributed by atoms with Crippen molar-refractivity contribution < 1.29 is 28.6 Å². The molecule has 2 aliphatic rings. The van der Waals surface area contributed by atoms with Crippen molar-refractivity contribution in [3.63, 3.8) is 0 Å². The highest BCUT2D eigenvalue weighted by Crippen LogP contribution is 2.32. The highest BCUT2D eigenvalue weighted by molar-refractivity contribution is 5.94. The van der Waals surface area contributed by atoms with Crippen LogP contribution in [0.3, 0.4) is 0 Å². The zero-order valence-electron chi connectivity index (χ0n) is 26.5. The lowest BCUT2D eigenvalue weighted by Gasteiger charge is -2.39. The number of halogens is 1. The van der Waals surface area contributed by atoms with Crippen LogP contribution in [0.15, 0.2) is 42.5 Å². The summed E-state index contributed by atoms with van der Waals surface area (Å²) in [4.78, 5) is 42.6. The van der Waals surface area contributed by atoms with Crippen molar-refractivity contribution >= 4 is 17.7 Å². The molecule has 0 radical (unpaired) electrons. The molecule has 240 valence electrons. The van der Waals surface area contributed by atoms with E-state index in [1.54, 1.807) is 12.1 Å². The predicted octanol–water partition coefficient (Wildman–Crippen LogP) is 2.91. The molecule has 0 aliphatic carbocycles. The number of aliphatic hydroxyl groups is 1. The van der Waals surface area contributed by atoms with Crippen molar-refractivity contribution in [2.75, 3.05) is 20.1 Å². The van der Waals surface area contributed by atoms with Gasteiger partial charge in [-0.15, -0.1) is 0 Å². The van der Waals surface area contributed by atoms with E-state index in [1.807, 2.05) is 26.0 Å². The van der Waals surface area contributed by atoms with Gasteiger partial charge in [0.1, 0.15) is 29.8 Å². The molecule has 0 spiro atoms. The normalized spacial score (nSPS) is 24.8. The highest BCUT2D eigenvalue weighted by Gasteiger charge is 2.42. The minimum atomic E-state index is -1.63. The first-order valence-electron chi connectivity index (χ1n) is 15.7. The third-order valence-electron chi connectivity index (χ3n) is 8.80. The van der Waals surface area contributed by atoms with Crippen molar-refractivity contribution in [3.8, 4) is 5.75 Å². The van der Waals surface area contributed by atoms with Crippen molar-refractivity contribution in [3.05, 3.63) is 65.0 Å². The second-order valence-electron chi connectivity index (χ2n) is 12.7. The Morgan fingerprint density at radius 3 is 2.41 bits per heavy atom. The number of likely N-dealkylation sites (N-methyl/N-ethyl adjacent to an activating group) is 1. The van der Waals surface area contributed by atoms with Crippen LogP contribution in [0.25, 0.3) is 0 Å². The first-order valence-corrected chi connectivity index (χ1v) is 15.7. The van der Waals surface area contributed by atoms with Crippen molar-refractivity contribution in [2.24, 2.45) is 5.92 Å². The smallest absolute Gasteiger partial charge is 0.246 e. The zero-order chi connectivity index (χ0) is 32.0. The SMILES string of the molecule is CCC(C)[C@@H]1NCC2CCc3cccc(c3O2)CCCNC(=O)[C@@H](Cc2ccc(F)cc2)NC(=O)[C@H](C(C)(C)O)N(C)C1=O. The van der Waals surface area contributed by atoms with Gasteiger partial charge >= 0.3 is 0 Å². The number of benzene rings is 2.